The van der Waals surface area contributed by atoms with E-state index in [1.54, 1.807) is 25.4 Å². The lowest BCUT2D eigenvalue weighted by atomic mass is 9.83. The van der Waals surface area contributed by atoms with Crippen LogP contribution in [0.2, 0.25) is 10.0 Å². The minimum atomic E-state index is -0.688. The number of carbonyl (C=O) groups excluding carboxylic acids is 1. The zero-order valence-electron chi connectivity index (χ0n) is 19.2. The summed E-state index contributed by atoms with van der Waals surface area (Å²) in [5, 5.41) is 13.1. The van der Waals surface area contributed by atoms with E-state index in [4.69, 9.17) is 28.3 Å². The predicted molar refractivity (Wildman–Crippen MR) is 138 cm³/mol. The zero-order valence-corrected chi connectivity index (χ0v) is 20.8. The minimum absolute atomic E-state index is 0.0426. The van der Waals surface area contributed by atoms with Crippen LogP contribution >= 0.6 is 23.2 Å². The lowest BCUT2D eigenvalue weighted by Crippen LogP contribution is -2.41. The molecule has 1 atom stereocenters. The molecule has 0 spiro atoms. The van der Waals surface area contributed by atoms with Crippen LogP contribution < -0.4 is 11.0 Å². The molecule has 1 N–H and O–H groups in total. The second-order valence-corrected chi connectivity index (χ2v) is 9.74. The number of hydrogen-bond acceptors (Lipinski definition) is 4. The highest BCUT2D eigenvalue weighted by atomic mass is 35.5. The van der Waals surface area contributed by atoms with E-state index in [1.165, 1.54) is 9.20 Å². The van der Waals surface area contributed by atoms with Gasteiger partial charge in [0.05, 0.1) is 6.20 Å². The number of aromatic nitrogens is 4. The highest BCUT2D eigenvalue weighted by Crippen LogP contribution is 2.36. The van der Waals surface area contributed by atoms with E-state index < -0.39 is 11.7 Å². The van der Waals surface area contributed by atoms with Crippen molar-refractivity contribution in [1.82, 2.24) is 24.7 Å². The van der Waals surface area contributed by atoms with Gasteiger partial charge in [-0.15, -0.1) is 5.10 Å². The number of fused-ring (bicyclic) bond motifs is 1. The molecule has 0 aliphatic heterocycles. The van der Waals surface area contributed by atoms with E-state index in [2.05, 4.69) is 10.4 Å². The molecule has 0 radical (unpaired) electrons. The zero-order chi connectivity index (χ0) is 24.5. The maximum Gasteiger partial charge on any atom is 0.367 e. The summed E-state index contributed by atoms with van der Waals surface area (Å²) < 4.78 is 2.60. The summed E-state index contributed by atoms with van der Waals surface area (Å²) in [5.74, 6) is -0.172. The number of rotatable bonds is 5. The van der Waals surface area contributed by atoms with Crippen LogP contribution in [0.1, 0.15) is 38.1 Å². The van der Waals surface area contributed by atoms with E-state index >= 15 is 0 Å². The standard InChI is InChI=1S/C26H25Cl2N5O2/c1-29-25(34)23(18-5-3-2-4-6-18)32-26(35)33-24(31-32)22(17-9-13-20(28)14-10-17)21(15-30-33)16-7-11-19(27)12-8-16/h7-15,18,23H,2-6H2,1H3,(H,29,34). The highest BCUT2D eigenvalue weighted by molar-refractivity contribution is 6.31. The predicted octanol–water partition coefficient (Wildman–Crippen LogP) is 5.40. The van der Waals surface area contributed by atoms with Crippen LogP contribution in [0.4, 0.5) is 0 Å². The van der Waals surface area contributed by atoms with Crippen LogP contribution in [0, 0.1) is 5.92 Å². The van der Waals surface area contributed by atoms with Crippen LogP contribution in [0.5, 0.6) is 0 Å². The van der Waals surface area contributed by atoms with Crippen LogP contribution in [-0.2, 0) is 4.79 Å². The number of nitrogens with zero attached hydrogens (tertiary/aromatic N) is 4. The summed E-state index contributed by atoms with van der Waals surface area (Å²) in [7, 11) is 1.59. The van der Waals surface area contributed by atoms with Crippen LogP contribution in [0.3, 0.4) is 0 Å². The Morgan fingerprint density at radius 1 is 0.971 bits per heavy atom. The molecule has 35 heavy (non-hydrogen) atoms. The Hall–Kier alpha value is -3.16. The second-order valence-electron chi connectivity index (χ2n) is 8.87. The third-order valence-corrected chi connectivity index (χ3v) is 7.24. The van der Waals surface area contributed by atoms with Gasteiger partial charge in [-0.05, 0) is 54.2 Å². The molecule has 2 aromatic carbocycles. The highest BCUT2D eigenvalue weighted by Gasteiger charge is 2.34. The van der Waals surface area contributed by atoms with Crippen molar-refractivity contribution >= 4 is 34.8 Å². The number of likely N-dealkylation sites (N-methyl/N-ethyl adjacent to an activating group) is 1. The van der Waals surface area contributed by atoms with Gasteiger partial charge in [0, 0.05) is 28.2 Å². The molecule has 1 fully saturated rings. The third kappa shape index (κ3) is 4.46. The van der Waals surface area contributed by atoms with Gasteiger partial charge in [-0.1, -0.05) is 66.7 Å². The van der Waals surface area contributed by atoms with Crippen LogP contribution in [0.15, 0.2) is 59.5 Å². The lowest BCUT2D eigenvalue weighted by molar-refractivity contribution is -0.126. The van der Waals surface area contributed by atoms with Gasteiger partial charge in [0.25, 0.3) is 0 Å². The third-order valence-electron chi connectivity index (χ3n) is 6.74. The average molecular weight is 510 g/mol. The number of hydrogen-bond donors (Lipinski definition) is 1. The molecule has 4 aromatic rings. The van der Waals surface area contributed by atoms with Gasteiger partial charge in [-0.2, -0.15) is 14.3 Å². The Morgan fingerprint density at radius 2 is 1.57 bits per heavy atom. The molecule has 1 amide bonds. The van der Waals surface area contributed by atoms with Gasteiger partial charge < -0.3 is 5.32 Å². The fourth-order valence-electron chi connectivity index (χ4n) is 4.99. The van der Waals surface area contributed by atoms with Crippen LogP contribution in [0.25, 0.3) is 27.9 Å². The minimum Gasteiger partial charge on any atom is -0.357 e. The first-order valence-electron chi connectivity index (χ1n) is 11.7. The monoisotopic (exact) mass is 509 g/mol. The second kappa shape index (κ2) is 9.84. The first-order chi connectivity index (χ1) is 17.0. The molecule has 0 bridgehead atoms. The maximum atomic E-state index is 13.5. The quantitative estimate of drug-likeness (QED) is 0.390. The molecular weight excluding hydrogens is 485 g/mol. The van der Waals surface area contributed by atoms with Crippen molar-refractivity contribution in [3.05, 3.63) is 75.3 Å². The molecule has 0 saturated heterocycles. The SMILES string of the molecule is CNC(=O)C(C1CCCCC1)n1nc2c(-c3ccc(Cl)cc3)c(-c3ccc(Cl)cc3)cnn2c1=O. The maximum absolute atomic E-state index is 13.5. The summed E-state index contributed by atoms with van der Waals surface area (Å²) in [6, 6.07) is 14.1. The normalized spacial score (nSPS) is 15.3. The smallest absolute Gasteiger partial charge is 0.357 e. The van der Waals surface area contributed by atoms with Gasteiger partial charge >= 0.3 is 5.69 Å². The molecule has 1 aliphatic carbocycles. The molecule has 1 unspecified atom stereocenters. The Bertz CT molecular complexity index is 1420. The number of benzene rings is 2. The van der Waals surface area contributed by atoms with Gasteiger partial charge in [0.2, 0.25) is 5.91 Å². The van der Waals surface area contributed by atoms with E-state index in [0.29, 0.717) is 15.7 Å². The molecule has 1 saturated carbocycles. The number of carbonyl (C=O) groups is 1. The summed E-state index contributed by atoms with van der Waals surface area (Å²) in [5.41, 5.74) is 3.19. The molecule has 2 aromatic heterocycles. The summed E-state index contributed by atoms with van der Waals surface area (Å²) >= 11 is 12.3. The van der Waals surface area contributed by atoms with Crippen molar-refractivity contribution in [2.45, 2.75) is 38.1 Å². The van der Waals surface area contributed by atoms with Crippen molar-refractivity contribution < 1.29 is 4.79 Å². The van der Waals surface area contributed by atoms with Crippen molar-refractivity contribution in [1.29, 1.82) is 0 Å². The molecular formula is C26H25Cl2N5O2. The Kier molecular flexibility index (Phi) is 6.62. The summed E-state index contributed by atoms with van der Waals surface area (Å²) in [6.07, 6.45) is 6.63. The van der Waals surface area contributed by atoms with E-state index in [1.807, 2.05) is 36.4 Å². The van der Waals surface area contributed by atoms with Crippen molar-refractivity contribution in [2.75, 3.05) is 7.05 Å². The van der Waals surface area contributed by atoms with Crippen molar-refractivity contribution in [3.63, 3.8) is 0 Å². The molecule has 7 nitrogen and oxygen atoms in total. The molecule has 180 valence electrons. The summed E-state index contributed by atoms with van der Waals surface area (Å²) in [4.78, 5) is 26.5. The van der Waals surface area contributed by atoms with Gasteiger partial charge in [-0.25, -0.2) is 4.79 Å². The molecule has 1 aliphatic rings. The van der Waals surface area contributed by atoms with E-state index in [9.17, 15) is 9.59 Å². The van der Waals surface area contributed by atoms with Crippen molar-refractivity contribution in [3.8, 4) is 22.3 Å². The van der Waals surface area contributed by atoms with E-state index in [-0.39, 0.29) is 11.8 Å². The van der Waals surface area contributed by atoms with Gasteiger partial charge in [0.1, 0.15) is 6.04 Å². The lowest BCUT2D eigenvalue weighted by Gasteiger charge is -2.28. The molecule has 5 rings (SSSR count). The van der Waals surface area contributed by atoms with Crippen LogP contribution in [-0.4, -0.2) is 32.3 Å². The molecule has 2 heterocycles. The van der Waals surface area contributed by atoms with E-state index in [0.717, 1.165) is 54.4 Å². The number of nitrogens with one attached hydrogen (secondary N) is 1. The molecule has 9 heteroatoms. The summed E-state index contributed by atoms with van der Waals surface area (Å²) in [6.45, 7) is 0. The number of halogens is 2. The first-order valence-corrected chi connectivity index (χ1v) is 12.5. The van der Waals surface area contributed by atoms with Crippen molar-refractivity contribution in [2.24, 2.45) is 5.92 Å². The topological polar surface area (TPSA) is 81.3 Å². The Labute approximate surface area is 212 Å². The number of amides is 1. The van der Waals surface area contributed by atoms with Gasteiger partial charge in [-0.3, -0.25) is 4.79 Å². The Morgan fingerprint density at radius 3 is 2.17 bits per heavy atom. The Balaban J connectivity index is 1.76. The first kappa shape index (κ1) is 23.6. The average Bonchev–Trinajstić information content (AvgIpc) is 3.21. The van der Waals surface area contributed by atoms with Gasteiger partial charge in [0.15, 0.2) is 5.65 Å². The fourth-order valence-corrected chi connectivity index (χ4v) is 5.24. The largest absolute Gasteiger partial charge is 0.367 e. The fraction of sp³-hybridized carbons (Fsp3) is 0.308.